The Bertz CT molecular complexity index is 663. The van der Waals surface area contributed by atoms with Crippen LogP contribution in [-0.2, 0) is 11.3 Å². The third kappa shape index (κ3) is 2.99. The van der Waals surface area contributed by atoms with Crippen molar-refractivity contribution in [2.75, 3.05) is 14.2 Å². The van der Waals surface area contributed by atoms with E-state index in [4.69, 9.17) is 4.74 Å². The van der Waals surface area contributed by atoms with Crippen LogP contribution in [0.5, 0.6) is 5.75 Å². The Balaban J connectivity index is 2.34. The molecule has 2 aromatic rings. The molecule has 1 heterocycles. The van der Waals surface area contributed by atoms with E-state index in [0.29, 0.717) is 5.75 Å². The first-order valence-corrected chi connectivity index (χ1v) is 5.98. The summed E-state index contributed by atoms with van der Waals surface area (Å²) in [6, 6.07) is 7.08. The van der Waals surface area contributed by atoms with Gasteiger partial charge in [-0.3, -0.25) is 10.1 Å². The van der Waals surface area contributed by atoms with Crippen LogP contribution >= 0.6 is 0 Å². The van der Waals surface area contributed by atoms with E-state index in [1.54, 1.807) is 31.4 Å². The van der Waals surface area contributed by atoms with Gasteiger partial charge in [-0.05, 0) is 17.7 Å². The number of benzene rings is 1. The molecule has 0 N–H and O–H groups in total. The van der Waals surface area contributed by atoms with Gasteiger partial charge in [0.2, 0.25) is 5.69 Å². The highest BCUT2D eigenvalue weighted by Crippen LogP contribution is 2.20. The van der Waals surface area contributed by atoms with Crippen LogP contribution < -0.4 is 4.74 Å². The Morgan fingerprint density at radius 2 is 2.00 bits per heavy atom. The quantitative estimate of drug-likeness (QED) is 0.472. The molecule has 0 unspecified atom stereocenters. The fourth-order valence-corrected chi connectivity index (χ4v) is 1.84. The largest absolute Gasteiger partial charge is 0.497 e. The van der Waals surface area contributed by atoms with Crippen molar-refractivity contribution in [3.8, 4) is 5.75 Å². The maximum atomic E-state index is 11.7. The topological polar surface area (TPSA) is 96.5 Å². The first-order chi connectivity index (χ1) is 10.1. The van der Waals surface area contributed by atoms with E-state index < -0.39 is 10.9 Å². The molecule has 110 valence electrons. The van der Waals surface area contributed by atoms with Crippen molar-refractivity contribution < 1.29 is 19.2 Å². The van der Waals surface area contributed by atoms with Crippen molar-refractivity contribution in [3.63, 3.8) is 0 Å². The zero-order chi connectivity index (χ0) is 15.4. The predicted molar refractivity (Wildman–Crippen MR) is 72.3 cm³/mol. The van der Waals surface area contributed by atoms with Gasteiger partial charge in [-0.15, -0.1) is 0 Å². The number of esters is 1. The van der Waals surface area contributed by atoms with E-state index in [2.05, 4.69) is 9.84 Å². The van der Waals surface area contributed by atoms with E-state index in [1.165, 1.54) is 4.68 Å². The third-order valence-corrected chi connectivity index (χ3v) is 2.89. The van der Waals surface area contributed by atoms with Crippen LogP contribution in [0.2, 0.25) is 0 Å². The van der Waals surface area contributed by atoms with Gasteiger partial charge in [0.1, 0.15) is 11.9 Å². The second-order valence-corrected chi connectivity index (χ2v) is 4.13. The number of hydrogen-bond donors (Lipinski definition) is 0. The Morgan fingerprint density at radius 3 is 2.52 bits per heavy atom. The van der Waals surface area contributed by atoms with E-state index >= 15 is 0 Å². The van der Waals surface area contributed by atoms with Crippen LogP contribution in [-0.4, -0.2) is 34.9 Å². The molecular weight excluding hydrogens is 278 g/mol. The smallest absolute Gasteiger partial charge is 0.363 e. The Morgan fingerprint density at radius 1 is 1.33 bits per heavy atom. The summed E-state index contributed by atoms with van der Waals surface area (Å²) in [5.41, 5.74) is 0.257. The highest BCUT2D eigenvalue weighted by molar-refractivity contribution is 5.91. The van der Waals surface area contributed by atoms with E-state index in [1.807, 2.05) is 0 Å². The first-order valence-electron chi connectivity index (χ1n) is 5.98. The minimum atomic E-state index is -0.798. The molecule has 0 spiro atoms. The average Bonchev–Trinajstić information content (AvgIpc) is 2.91. The monoisotopic (exact) mass is 291 g/mol. The number of nitrogens with zero attached hydrogens (tertiary/aromatic N) is 3. The molecule has 0 fully saturated rings. The van der Waals surface area contributed by atoms with Gasteiger partial charge in [-0.1, -0.05) is 12.1 Å². The fourth-order valence-electron chi connectivity index (χ4n) is 1.84. The van der Waals surface area contributed by atoms with Crippen LogP contribution in [0.3, 0.4) is 0 Å². The minimum absolute atomic E-state index is 0.182. The summed E-state index contributed by atoms with van der Waals surface area (Å²) in [5, 5.41) is 14.8. The molecule has 21 heavy (non-hydrogen) atoms. The predicted octanol–water partition coefficient (Wildman–Crippen LogP) is 1.63. The lowest BCUT2D eigenvalue weighted by Gasteiger charge is -2.06. The van der Waals surface area contributed by atoms with Gasteiger partial charge in [0.25, 0.3) is 0 Å². The lowest BCUT2D eigenvalue weighted by molar-refractivity contribution is -0.385. The standard InChI is InChI=1S/C13H13N3O5/c1-20-10-5-3-9(4-6-10)8-15-12(13(17)21-2)11(7-14-15)16(18)19/h3-7H,8H2,1-2H3. The van der Waals surface area contributed by atoms with E-state index in [9.17, 15) is 14.9 Å². The summed E-state index contributed by atoms with van der Waals surface area (Å²) in [7, 11) is 2.72. The lowest BCUT2D eigenvalue weighted by atomic mass is 10.2. The second-order valence-electron chi connectivity index (χ2n) is 4.13. The van der Waals surface area contributed by atoms with Crippen LogP contribution in [0.4, 0.5) is 5.69 Å². The zero-order valence-electron chi connectivity index (χ0n) is 11.5. The van der Waals surface area contributed by atoms with Gasteiger partial charge in [-0.2, -0.15) is 5.10 Å². The van der Waals surface area contributed by atoms with Gasteiger partial charge in [0.05, 0.1) is 25.7 Å². The molecule has 0 saturated carbocycles. The SMILES string of the molecule is COC(=O)c1c([N+](=O)[O-])cnn1Cc1ccc(OC)cc1. The molecule has 8 nitrogen and oxygen atoms in total. The maximum Gasteiger partial charge on any atom is 0.363 e. The van der Waals surface area contributed by atoms with Crippen molar-refractivity contribution in [1.82, 2.24) is 9.78 Å². The summed E-state index contributed by atoms with van der Waals surface area (Å²) >= 11 is 0. The summed E-state index contributed by atoms with van der Waals surface area (Å²) in [4.78, 5) is 22.0. The Labute approximate surface area is 120 Å². The molecule has 0 amide bonds. The molecule has 1 aromatic carbocycles. The number of carbonyl (C=O) groups excluding carboxylic acids is 1. The molecule has 0 bridgehead atoms. The summed E-state index contributed by atoms with van der Waals surface area (Å²) in [6.07, 6.45) is 1.04. The molecule has 0 atom stereocenters. The van der Waals surface area contributed by atoms with Gasteiger partial charge in [0.15, 0.2) is 0 Å². The van der Waals surface area contributed by atoms with Gasteiger partial charge < -0.3 is 9.47 Å². The van der Waals surface area contributed by atoms with E-state index in [-0.39, 0.29) is 17.9 Å². The van der Waals surface area contributed by atoms with Crippen molar-refractivity contribution in [2.45, 2.75) is 6.54 Å². The molecule has 0 aliphatic rings. The highest BCUT2D eigenvalue weighted by Gasteiger charge is 2.27. The third-order valence-electron chi connectivity index (χ3n) is 2.89. The van der Waals surface area contributed by atoms with Crippen molar-refractivity contribution >= 4 is 11.7 Å². The molecular formula is C13H13N3O5. The molecule has 0 aliphatic heterocycles. The zero-order valence-corrected chi connectivity index (χ0v) is 11.5. The van der Waals surface area contributed by atoms with Crippen molar-refractivity contribution in [1.29, 1.82) is 0 Å². The van der Waals surface area contributed by atoms with Crippen LogP contribution in [0.15, 0.2) is 30.5 Å². The van der Waals surface area contributed by atoms with E-state index in [0.717, 1.165) is 18.9 Å². The van der Waals surface area contributed by atoms with Gasteiger partial charge in [0, 0.05) is 0 Å². The molecule has 8 heteroatoms. The van der Waals surface area contributed by atoms with Gasteiger partial charge in [-0.25, -0.2) is 9.48 Å². The van der Waals surface area contributed by atoms with Gasteiger partial charge >= 0.3 is 11.7 Å². The number of aromatic nitrogens is 2. The molecule has 2 rings (SSSR count). The number of rotatable bonds is 5. The number of nitro groups is 1. The first kappa shape index (κ1) is 14.5. The van der Waals surface area contributed by atoms with Crippen LogP contribution in [0.1, 0.15) is 16.1 Å². The normalized spacial score (nSPS) is 10.2. The number of carbonyl (C=O) groups is 1. The minimum Gasteiger partial charge on any atom is -0.497 e. The van der Waals surface area contributed by atoms with Crippen molar-refractivity contribution in [3.05, 3.63) is 51.8 Å². The molecule has 0 radical (unpaired) electrons. The lowest BCUT2D eigenvalue weighted by Crippen LogP contribution is -2.14. The molecule has 0 saturated heterocycles. The maximum absolute atomic E-state index is 11.7. The number of hydrogen-bond acceptors (Lipinski definition) is 6. The number of ether oxygens (including phenoxy) is 2. The Hall–Kier alpha value is -2.90. The second kappa shape index (κ2) is 6.04. The van der Waals surface area contributed by atoms with Crippen LogP contribution in [0, 0.1) is 10.1 Å². The summed E-state index contributed by atoms with van der Waals surface area (Å²) < 4.78 is 10.9. The van der Waals surface area contributed by atoms with Crippen molar-refractivity contribution in [2.24, 2.45) is 0 Å². The fraction of sp³-hybridized carbons (Fsp3) is 0.231. The molecule has 0 aliphatic carbocycles. The molecule has 1 aromatic heterocycles. The Kier molecular flexibility index (Phi) is 4.17. The average molecular weight is 291 g/mol. The highest BCUT2D eigenvalue weighted by atomic mass is 16.6. The summed E-state index contributed by atoms with van der Waals surface area (Å²) in [6.45, 7) is 0.211. The number of methoxy groups -OCH3 is 2. The summed E-state index contributed by atoms with van der Waals surface area (Å²) in [5.74, 6) is -0.105. The van der Waals surface area contributed by atoms with Crippen LogP contribution in [0.25, 0.3) is 0 Å².